The Morgan fingerprint density at radius 2 is 2.16 bits per heavy atom. The average molecular weight is 271 g/mol. The molecule has 2 aromatic rings. The Morgan fingerprint density at radius 3 is 2.89 bits per heavy atom. The van der Waals surface area contributed by atoms with Gasteiger partial charge in [0.1, 0.15) is 12.4 Å². The molecule has 0 saturated carbocycles. The summed E-state index contributed by atoms with van der Waals surface area (Å²) in [5.41, 5.74) is 1.13. The molecular formula is C16H17NOS. The van der Waals surface area contributed by atoms with Gasteiger partial charge in [-0.05, 0) is 24.4 Å². The van der Waals surface area contributed by atoms with Gasteiger partial charge >= 0.3 is 0 Å². The Hall–Kier alpha value is -1.76. The molecule has 0 aliphatic rings. The van der Waals surface area contributed by atoms with E-state index >= 15 is 0 Å². The van der Waals surface area contributed by atoms with Crippen LogP contribution in [-0.4, -0.2) is 6.61 Å². The van der Waals surface area contributed by atoms with Gasteiger partial charge in [0.05, 0.1) is 0 Å². The summed E-state index contributed by atoms with van der Waals surface area (Å²) in [4.78, 5) is 1.34. The van der Waals surface area contributed by atoms with Crippen molar-refractivity contribution in [3.05, 3.63) is 52.2 Å². The Labute approximate surface area is 118 Å². The second-order valence-electron chi connectivity index (χ2n) is 4.22. The van der Waals surface area contributed by atoms with E-state index in [1.165, 1.54) is 4.88 Å². The maximum absolute atomic E-state index is 5.54. The highest BCUT2D eigenvalue weighted by molar-refractivity contribution is 7.10. The summed E-state index contributed by atoms with van der Waals surface area (Å²) in [5.74, 6) is 3.34. The zero-order valence-electron chi connectivity index (χ0n) is 10.9. The van der Waals surface area contributed by atoms with Crippen LogP contribution in [0.2, 0.25) is 0 Å². The molecule has 1 N–H and O–H groups in total. The number of rotatable bonds is 6. The summed E-state index contributed by atoms with van der Waals surface area (Å²) in [5, 5.41) is 5.59. The molecule has 98 valence electrons. The predicted molar refractivity (Wildman–Crippen MR) is 80.3 cm³/mol. The molecule has 2 rings (SSSR count). The van der Waals surface area contributed by atoms with Gasteiger partial charge in [-0.25, -0.2) is 0 Å². The molecule has 1 atom stereocenters. The summed E-state index contributed by atoms with van der Waals surface area (Å²) >= 11 is 1.76. The number of hydrogen-bond acceptors (Lipinski definition) is 3. The smallest absolute Gasteiger partial charge is 0.148 e. The van der Waals surface area contributed by atoms with Gasteiger partial charge in [-0.15, -0.1) is 17.8 Å². The van der Waals surface area contributed by atoms with Crippen molar-refractivity contribution >= 4 is 11.3 Å². The number of terminal acetylenes is 1. The van der Waals surface area contributed by atoms with Gasteiger partial charge in [-0.2, -0.15) is 0 Å². The molecule has 0 radical (unpaired) electrons. The highest BCUT2D eigenvalue weighted by atomic mass is 32.1. The monoisotopic (exact) mass is 271 g/mol. The maximum atomic E-state index is 5.54. The fourth-order valence-corrected chi connectivity index (χ4v) is 2.57. The van der Waals surface area contributed by atoms with Crippen molar-refractivity contribution < 1.29 is 4.74 Å². The molecule has 3 heteroatoms. The van der Waals surface area contributed by atoms with Crippen LogP contribution in [-0.2, 0) is 6.54 Å². The fraction of sp³-hybridized carbons (Fsp3) is 0.250. The van der Waals surface area contributed by atoms with Crippen LogP contribution in [0.5, 0.6) is 5.75 Å². The fourth-order valence-electron chi connectivity index (χ4n) is 1.81. The lowest BCUT2D eigenvalue weighted by Crippen LogP contribution is -2.17. The van der Waals surface area contributed by atoms with Crippen LogP contribution >= 0.6 is 11.3 Å². The van der Waals surface area contributed by atoms with Crippen molar-refractivity contribution in [2.75, 3.05) is 6.61 Å². The quantitative estimate of drug-likeness (QED) is 0.810. The van der Waals surface area contributed by atoms with Crippen LogP contribution in [0.1, 0.15) is 23.4 Å². The number of hydrogen-bond donors (Lipinski definition) is 1. The summed E-state index contributed by atoms with van der Waals surface area (Å²) < 4.78 is 5.54. The van der Waals surface area contributed by atoms with Gasteiger partial charge in [0.25, 0.3) is 0 Å². The van der Waals surface area contributed by atoms with Gasteiger partial charge < -0.3 is 10.1 Å². The first-order valence-electron chi connectivity index (χ1n) is 6.22. The summed E-state index contributed by atoms with van der Waals surface area (Å²) in [7, 11) is 0. The van der Waals surface area contributed by atoms with Gasteiger partial charge in [0.15, 0.2) is 0 Å². The molecule has 0 bridgehead atoms. The van der Waals surface area contributed by atoms with E-state index in [4.69, 9.17) is 11.2 Å². The van der Waals surface area contributed by atoms with Crippen LogP contribution < -0.4 is 10.1 Å². The SMILES string of the molecule is C#CCOc1ccccc1CNC(C)c1cccs1. The molecule has 1 unspecified atom stereocenters. The van der Waals surface area contributed by atoms with E-state index in [2.05, 4.69) is 41.7 Å². The van der Waals surface area contributed by atoms with E-state index in [1.54, 1.807) is 11.3 Å². The summed E-state index contributed by atoms with van der Waals surface area (Å²) in [6.45, 7) is 3.23. The largest absolute Gasteiger partial charge is 0.481 e. The number of ether oxygens (including phenoxy) is 1. The van der Waals surface area contributed by atoms with Crippen LogP contribution in [0, 0.1) is 12.3 Å². The van der Waals surface area contributed by atoms with Crippen LogP contribution in [0.4, 0.5) is 0 Å². The van der Waals surface area contributed by atoms with Gasteiger partial charge in [0.2, 0.25) is 0 Å². The third kappa shape index (κ3) is 3.85. The van der Waals surface area contributed by atoms with Crippen molar-refractivity contribution in [3.8, 4) is 18.1 Å². The lowest BCUT2D eigenvalue weighted by Gasteiger charge is -2.14. The second kappa shape index (κ2) is 6.98. The number of benzene rings is 1. The minimum atomic E-state index is 0.303. The Kier molecular flexibility index (Phi) is 5.02. The Morgan fingerprint density at radius 1 is 1.32 bits per heavy atom. The van der Waals surface area contributed by atoms with Crippen molar-refractivity contribution in [2.45, 2.75) is 19.5 Å². The van der Waals surface area contributed by atoms with Gasteiger partial charge in [0, 0.05) is 23.0 Å². The predicted octanol–water partition coefficient (Wildman–Crippen LogP) is 3.61. The van der Waals surface area contributed by atoms with Crippen LogP contribution in [0.3, 0.4) is 0 Å². The van der Waals surface area contributed by atoms with Gasteiger partial charge in [-0.1, -0.05) is 30.2 Å². The molecule has 0 aliphatic heterocycles. The topological polar surface area (TPSA) is 21.3 Å². The van der Waals surface area contributed by atoms with E-state index < -0.39 is 0 Å². The highest BCUT2D eigenvalue weighted by Crippen LogP contribution is 2.21. The molecule has 1 aromatic carbocycles. The molecular weight excluding hydrogens is 254 g/mol. The van der Waals surface area contributed by atoms with Crippen LogP contribution in [0.15, 0.2) is 41.8 Å². The second-order valence-corrected chi connectivity index (χ2v) is 5.20. The first-order valence-corrected chi connectivity index (χ1v) is 7.10. The van der Waals surface area contributed by atoms with Crippen LogP contribution in [0.25, 0.3) is 0 Å². The van der Waals surface area contributed by atoms with Crippen molar-refractivity contribution in [3.63, 3.8) is 0 Å². The molecule has 2 nitrogen and oxygen atoms in total. The third-order valence-electron chi connectivity index (χ3n) is 2.85. The average Bonchev–Trinajstić information content (AvgIpc) is 2.97. The van der Waals surface area contributed by atoms with E-state index in [-0.39, 0.29) is 0 Å². The Bertz CT molecular complexity index is 542. The first kappa shape index (κ1) is 13.7. The normalized spacial score (nSPS) is 11.8. The minimum absolute atomic E-state index is 0.303. The molecule has 0 aliphatic carbocycles. The molecule has 0 saturated heterocycles. The number of thiophene rings is 1. The molecule has 0 spiro atoms. The Balaban J connectivity index is 1.97. The van der Waals surface area contributed by atoms with E-state index in [0.717, 1.165) is 17.9 Å². The van der Waals surface area contributed by atoms with E-state index in [1.807, 2.05) is 18.2 Å². The lowest BCUT2D eigenvalue weighted by atomic mass is 10.2. The number of nitrogens with one attached hydrogen (secondary N) is 1. The zero-order chi connectivity index (χ0) is 13.5. The minimum Gasteiger partial charge on any atom is -0.481 e. The van der Waals surface area contributed by atoms with Crippen molar-refractivity contribution in [2.24, 2.45) is 0 Å². The van der Waals surface area contributed by atoms with Crippen molar-refractivity contribution in [1.82, 2.24) is 5.32 Å². The standard InChI is InChI=1S/C16H17NOS/c1-3-10-18-15-8-5-4-7-14(15)12-17-13(2)16-9-6-11-19-16/h1,4-9,11,13,17H,10,12H2,2H3. The molecule has 0 amide bonds. The summed E-state index contributed by atoms with van der Waals surface area (Å²) in [6.07, 6.45) is 5.22. The molecule has 1 aromatic heterocycles. The van der Waals surface area contributed by atoms with Gasteiger partial charge in [-0.3, -0.25) is 0 Å². The lowest BCUT2D eigenvalue weighted by molar-refractivity contribution is 0.364. The zero-order valence-corrected chi connectivity index (χ0v) is 11.7. The maximum Gasteiger partial charge on any atom is 0.148 e. The number of para-hydroxylation sites is 1. The molecule has 1 heterocycles. The van der Waals surface area contributed by atoms with E-state index in [0.29, 0.717) is 12.6 Å². The first-order chi connectivity index (χ1) is 9.31. The van der Waals surface area contributed by atoms with Crippen molar-refractivity contribution in [1.29, 1.82) is 0 Å². The summed E-state index contributed by atoms with van der Waals surface area (Å²) in [6, 6.07) is 12.5. The third-order valence-corrected chi connectivity index (χ3v) is 3.91. The molecule has 0 fully saturated rings. The van der Waals surface area contributed by atoms with E-state index in [9.17, 15) is 0 Å². The highest BCUT2D eigenvalue weighted by Gasteiger charge is 2.07. The molecule has 19 heavy (non-hydrogen) atoms.